The zero-order chi connectivity index (χ0) is 28.4. The largest absolute Gasteiger partial charge is 0.573 e. The molecule has 2 aromatic carbocycles. The minimum absolute atomic E-state index is 0.221. The number of fused-ring (bicyclic) bond motifs is 1. The van der Waals surface area contributed by atoms with E-state index in [1.807, 2.05) is 25.1 Å². The lowest BCUT2D eigenvalue weighted by Gasteiger charge is -2.35. The lowest BCUT2D eigenvalue weighted by atomic mass is 10.1. The number of aromatic nitrogens is 4. The van der Waals surface area contributed by atoms with Gasteiger partial charge in [-0.2, -0.15) is 4.98 Å². The van der Waals surface area contributed by atoms with Crippen LogP contribution in [-0.2, 0) is 6.54 Å². The number of anilines is 3. The quantitative estimate of drug-likeness (QED) is 0.242. The topological polar surface area (TPSA) is 99.3 Å². The van der Waals surface area contributed by atoms with Crippen molar-refractivity contribution in [3.63, 3.8) is 0 Å². The Labute approximate surface area is 229 Å². The van der Waals surface area contributed by atoms with Crippen molar-refractivity contribution in [3.05, 3.63) is 66.0 Å². The van der Waals surface area contributed by atoms with Gasteiger partial charge in [0.2, 0.25) is 5.95 Å². The van der Waals surface area contributed by atoms with Gasteiger partial charge >= 0.3 is 12.4 Å². The maximum Gasteiger partial charge on any atom is 0.573 e. The van der Waals surface area contributed by atoms with Gasteiger partial charge in [-0.25, -0.2) is 14.8 Å². The van der Waals surface area contributed by atoms with E-state index in [4.69, 9.17) is 0 Å². The third-order valence-electron chi connectivity index (χ3n) is 6.57. The summed E-state index contributed by atoms with van der Waals surface area (Å²) in [5.41, 5.74) is 3.58. The number of aryl methyl sites for hydroxylation is 1. The number of urea groups is 1. The number of imidazole rings is 1. The number of alkyl halides is 3. The third kappa shape index (κ3) is 5.56. The van der Waals surface area contributed by atoms with Crippen LogP contribution in [0.2, 0.25) is 0 Å². The second-order valence-electron chi connectivity index (χ2n) is 9.44. The molecule has 1 aliphatic heterocycles. The number of carbonyl (C=O) groups is 1. The van der Waals surface area contributed by atoms with E-state index in [9.17, 15) is 18.0 Å². The number of para-hydroxylation sites is 1. The average Bonchev–Trinajstić information content (AvgIpc) is 3.41. The number of benzene rings is 2. The van der Waals surface area contributed by atoms with Crippen LogP contribution < -0.4 is 19.9 Å². The van der Waals surface area contributed by atoms with Gasteiger partial charge in [-0.1, -0.05) is 37.6 Å². The van der Waals surface area contributed by atoms with Crippen molar-refractivity contribution in [2.24, 2.45) is 0 Å². The van der Waals surface area contributed by atoms with Crippen LogP contribution in [-0.4, -0.2) is 45.9 Å². The molecule has 0 saturated heterocycles. The first kappa shape index (κ1) is 27.0. The molecular weight excluding hydrogens is 523 g/mol. The number of hydrogen-bond acceptors (Lipinski definition) is 6. The predicted molar refractivity (Wildman–Crippen MR) is 146 cm³/mol. The molecule has 2 amide bonds. The zero-order valence-corrected chi connectivity index (χ0v) is 22.2. The normalized spacial score (nSPS) is 13.4. The SMILES string of the molecule is CCCCNc1ncc2c(n1)N(C)C(=O)N(c1cc(-c3ncc(-c4ccccc4OC(F)(F)F)[nH]3)ccc1C)C2. The number of hydrogen-bond donors (Lipinski definition) is 2. The molecule has 0 unspecified atom stereocenters. The first-order chi connectivity index (χ1) is 19.1. The zero-order valence-electron chi connectivity index (χ0n) is 22.2. The molecule has 3 heterocycles. The number of H-pyrrole nitrogens is 1. The van der Waals surface area contributed by atoms with E-state index in [1.54, 1.807) is 24.2 Å². The van der Waals surface area contributed by atoms with Crippen LogP contribution in [0.25, 0.3) is 22.6 Å². The smallest absolute Gasteiger partial charge is 0.405 e. The number of amides is 2. The van der Waals surface area contributed by atoms with E-state index < -0.39 is 6.36 Å². The fraction of sp³-hybridized carbons (Fsp3) is 0.286. The first-order valence-corrected chi connectivity index (χ1v) is 12.8. The van der Waals surface area contributed by atoms with Crippen molar-refractivity contribution in [3.8, 4) is 28.4 Å². The highest BCUT2D eigenvalue weighted by molar-refractivity contribution is 6.05. The molecule has 0 atom stereocenters. The van der Waals surface area contributed by atoms with Crippen molar-refractivity contribution in [2.45, 2.75) is 39.6 Å². The molecule has 2 N–H and O–H groups in total. The number of carbonyl (C=O) groups excluding carboxylic acids is 1. The summed E-state index contributed by atoms with van der Waals surface area (Å²) < 4.78 is 42.9. The van der Waals surface area contributed by atoms with Crippen LogP contribution in [0.1, 0.15) is 30.9 Å². The minimum Gasteiger partial charge on any atom is -0.405 e. The highest BCUT2D eigenvalue weighted by atomic mass is 19.4. The van der Waals surface area contributed by atoms with Crippen LogP contribution in [0.3, 0.4) is 0 Å². The Morgan fingerprint density at radius 3 is 2.70 bits per heavy atom. The molecule has 4 aromatic rings. The molecule has 0 saturated carbocycles. The molecule has 208 valence electrons. The molecule has 5 rings (SSSR count). The van der Waals surface area contributed by atoms with Crippen molar-refractivity contribution in [1.82, 2.24) is 19.9 Å². The molecule has 1 aliphatic rings. The summed E-state index contributed by atoms with van der Waals surface area (Å²) in [6, 6.07) is 11.1. The number of aromatic amines is 1. The molecule has 0 spiro atoms. The fourth-order valence-electron chi connectivity index (χ4n) is 4.51. The number of rotatable bonds is 8. The summed E-state index contributed by atoms with van der Waals surface area (Å²) in [6.07, 6.45) is 0.389. The summed E-state index contributed by atoms with van der Waals surface area (Å²) in [6.45, 7) is 5.03. The third-order valence-corrected chi connectivity index (χ3v) is 6.57. The van der Waals surface area contributed by atoms with Gasteiger partial charge < -0.3 is 15.0 Å². The summed E-state index contributed by atoms with van der Waals surface area (Å²) >= 11 is 0. The highest BCUT2D eigenvalue weighted by Crippen LogP contribution is 2.36. The van der Waals surface area contributed by atoms with Crippen LogP contribution in [0.15, 0.2) is 54.9 Å². The van der Waals surface area contributed by atoms with Gasteiger partial charge in [-0.15, -0.1) is 13.2 Å². The second kappa shape index (κ2) is 10.9. The van der Waals surface area contributed by atoms with Crippen LogP contribution in [0.4, 0.5) is 35.4 Å². The number of nitrogens with one attached hydrogen (secondary N) is 2. The number of unbranched alkanes of at least 4 members (excludes halogenated alkanes) is 1. The van der Waals surface area contributed by atoms with Crippen molar-refractivity contribution in [2.75, 3.05) is 28.7 Å². The Morgan fingerprint density at radius 1 is 1.12 bits per heavy atom. The maximum absolute atomic E-state index is 13.4. The predicted octanol–water partition coefficient (Wildman–Crippen LogP) is 6.53. The van der Waals surface area contributed by atoms with Gasteiger partial charge in [0.05, 0.1) is 18.4 Å². The summed E-state index contributed by atoms with van der Waals surface area (Å²) in [5, 5.41) is 3.19. The Balaban J connectivity index is 1.43. The maximum atomic E-state index is 13.4. The summed E-state index contributed by atoms with van der Waals surface area (Å²) in [7, 11) is 1.68. The van der Waals surface area contributed by atoms with Crippen LogP contribution in [0.5, 0.6) is 5.75 Å². The first-order valence-electron chi connectivity index (χ1n) is 12.8. The molecule has 2 aromatic heterocycles. The van der Waals surface area contributed by atoms with Gasteiger partial charge in [0.15, 0.2) is 0 Å². The van der Waals surface area contributed by atoms with Crippen molar-refractivity contribution < 1.29 is 22.7 Å². The van der Waals surface area contributed by atoms with Gasteiger partial charge in [-0.3, -0.25) is 9.80 Å². The summed E-state index contributed by atoms with van der Waals surface area (Å²) in [5.74, 6) is 1.14. The van der Waals surface area contributed by atoms with E-state index in [2.05, 4.69) is 36.9 Å². The second-order valence-corrected chi connectivity index (χ2v) is 9.44. The Morgan fingerprint density at radius 2 is 1.93 bits per heavy atom. The number of halogens is 3. The Bertz CT molecular complexity index is 1540. The fourth-order valence-corrected chi connectivity index (χ4v) is 4.51. The van der Waals surface area contributed by atoms with E-state index in [0.717, 1.165) is 30.5 Å². The van der Waals surface area contributed by atoms with Crippen molar-refractivity contribution in [1.29, 1.82) is 0 Å². The molecule has 40 heavy (non-hydrogen) atoms. The van der Waals surface area contributed by atoms with Gasteiger partial charge in [0.1, 0.15) is 17.4 Å². The van der Waals surface area contributed by atoms with E-state index in [1.165, 1.54) is 29.3 Å². The molecule has 0 radical (unpaired) electrons. The number of ether oxygens (including phenoxy) is 1. The molecular formula is C28H28F3N7O2. The number of nitrogens with zero attached hydrogens (tertiary/aromatic N) is 5. The molecule has 0 bridgehead atoms. The molecule has 0 aliphatic carbocycles. The van der Waals surface area contributed by atoms with Gasteiger partial charge in [0.25, 0.3) is 0 Å². The van der Waals surface area contributed by atoms with Gasteiger partial charge in [0, 0.05) is 42.2 Å². The molecule has 0 fully saturated rings. The van der Waals surface area contributed by atoms with Crippen LogP contribution in [0, 0.1) is 6.92 Å². The Kier molecular flexibility index (Phi) is 7.33. The highest BCUT2D eigenvalue weighted by Gasteiger charge is 2.33. The summed E-state index contributed by atoms with van der Waals surface area (Å²) in [4.78, 5) is 33.0. The Hall–Kier alpha value is -4.61. The lowest BCUT2D eigenvalue weighted by molar-refractivity contribution is -0.274. The van der Waals surface area contributed by atoms with Crippen LogP contribution >= 0.6 is 0 Å². The van der Waals surface area contributed by atoms with E-state index in [0.29, 0.717) is 34.5 Å². The molecule has 12 heteroatoms. The molecule has 9 nitrogen and oxygen atoms in total. The van der Waals surface area contributed by atoms with E-state index >= 15 is 0 Å². The minimum atomic E-state index is -4.82. The lowest BCUT2D eigenvalue weighted by Crippen LogP contribution is -2.46. The van der Waals surface area contributed by atoms with Gasteiger partial charge in [-0.05, 0) is 37.1 Å². The van der Waals surface area contributed by atoms with Crippen molar-refractivity contribution >= 4 is 23.5 Å². The monoisotopic (exact) mass is 551 g/mol. The standard InChI is InChI=1S/C28H28F3N7O2/c1-4-5-12-32-26-34-14-19-16-38(27(39)37(3)25(19)36-26)22-13-18(11-10-17(22)2)24-33-15-21(35-24)20-8-6-7-9-23(20)40-28(29,30)31/h6-11,13-15H,4-5,12,16H2,1-3H3,(H,33,35)(H,32,34,36). The average molecular weight is 552 g/mol. The van der Waals surface area contributed by atoms with E-state index in [-0.39, 0.29) is 23.9 Å².